The van der Waals surface area contributed by atoms with E-state index < -0.39 is 82.2 Å². The van der Waals surface area contributed by atoms with Gasteiger partial charge >= 0.3 is 6.18 Å². The van der Waals surface area contributed by atoms with Crippen LogP contribution in [0.4, 0.5) is 35.9 Å². The number of nitrogens with zero attached hydrogens (tertiary/aromatic N) is 5. The third-order valence-corrected chi connectivity index (χ3v) is 12.5. The molecule has 5 heterocycles. The SMILES string of the molecule is CC1(O)CN(c2nc3nc([C@H](Cc4cc(F)cc(F)c4)NC(=O)Cn4nc(C(F)(F)F)c5c4C(F)(F)[C@@H]4C[C@H]54)c(-c4ccc5c(c4)C(=O)NC54CC4)cc3s2)C1. The highest BCUT2D eigenvalue weighted by Crippen LogP contribution is 2.68. The molecule has 1 saturated heterocycles. The molecular formula is C38H30F7N7O3S. The molecule has 5 aliphatic rings. The highest BCUT2D eigenvalue weighted by atomic mass is 32.1. The van der Waals surface area contributed by atoms with Crippen molar-refractivity contribution in [3.05, 3.63) is 93.4 Å². The van der Waals surface area contributed by atoms with Crippen molar-refractivity contribution in [1.29, 1.82) is 0 Å². The highest BCUT2D eigenvalue weighted by molar-refractivity contribution is 7.22. The Balaban J connectivity index is 1.08. The predicted molar refractivity (Wildman–Crippen MR) is 187 cm³/mol. The second-order valence-electron chi connectivity index (χ2n) is 15.8. The molecule has 3 aromatic heterocycles. The summed E-state index contributed by atoms with van der Waals surface area (Å²) < 4.78 is 103. The predicted octanol–water partition coefficient (Wildman–Crippen LogP) is 6.46. The van der Waals surface area contributed by atoms with Crippen LogP contribution in [-0.4, -0.2) is 55.4 Å². The Morgan fingerprint density at radius 3 is 2.48 bits per heavy atom. The van der Waals surface area contributed by atoms with E-state index in [1.165, 1.54) is 11.3 Å². The minimum atomic E-state index is -5.04. The van der Waals surface area contributed by atoms with Crippen molar-refractivity contribution in [2.24, 2.45) is 5.92 Å². The van der Waals surface area contributed by atoms with Crippen LogP contribution in [0.2, 0.25) is 0 Å². The number of alkyl halides is 5. The van der Waals surface area contributed by atoms with Crippen molar-refractivity contribution in [1.82, 2.24) is 30.4 Å². The van der Waals surface area contributed by atoms with Crippen molar-refractivity contribution >= 4 is 38.6 Å². The zero-order chi connectivity index (χ0) is 39.3. The van der Waals surface area contributed by atoms with Crippen LogP contribution < -0.4 is 15.5 Å². The molecular weight excluding hydrogens is 768 g/mol. The van der Waals surface area contributed by atoms with E-state index in [4.69, 9.17) is 4.98 Å². The lowest BCUT2D eigenvalue weighted by molar-refractivity contribution is -0.142. The normalized spacial score (nSPS) is 22.4. The topological polar surface area (TPSA) is 125 Å². The van der Waals surface area contributed by atoms with Crippen molar-refractivity contribution < 1.29 is 45.4 Å². The molecule has 3 fully saturated rings. The quantitative estimate of drug-likeness (QED) is 0.154. The molecule has 2 saturated carbocycles. The van der Waals surface area contributed by atoms with E-state index in [9.17, 15) is 36.6 Å². The third-order valence-electron chi connectivity index (χ3n) is 11.4. The standard InChI is InChI=1S/C38H30F7N7O3S/c1-35(55)14-51(15-35)34-48-32-26(56-34)12-20(17-2-3-23-22(9-17)33(54)49-36(23)4-5-36)29(47-32)25(8-16-6-18(39)10-19(40)7-16)46-27(53)13-52-31-28(30(50-52)38(43,44)45)21-11-24(21)37(31,41)42/h2-3,6-7,9-10,12,21,24-25,55H,4-5,8,11,13-15H2,1H3,(H,46,53)(H,49,54)/t21-,24+,25-/m0/s1. The Kier molecular flexibility index (Phi) is 7.25. The smallest absolute Gasteiger partial charge is 0.386 e. The van der Waals surface area contributed by atoms with Crippen LogP contribution in [0.25, 0.3) is 21.5 Å². The number of halogens is 7. The van der Waals surface area contributed by atoms with Gasteiger partial charge in [-0.3, -0.25) is 14.3 Å². The summed E-state index contributed by atoms with van der Waals surface area (Å²) in [4.78, 5) is 38.4. The number of aromatic nitrogens is 4. The number of amides is 2. The average molecular weight is 798 g/mol. The van der Waals surface area contributed by atoms with Gasteiger partial charge in [-0.05, 0) is 79.5 Å². The largest absolute Gasteiger partial charge is 0.435 e. The summed E-state index contributed by atoms with van der Waals surface area (Å²) in [6.45, 7) is 1.29. The highest BCUT2D eigenvalue weighted by Gasteiger charge is 2.68. The molecule has 0 unspecified atom stereocenters. The lowest BCUT2D eigenvalue weighted by Gasteiger charge is -2.43. The fourth-order valence-corrected chi connectivity index (χ4v) is 9.69. The van der Waals surface area contributed by atoms with Crippen LogP contribution in [0.15, 0.2) is 42.5 Å². The number of anilines is 1. The molecule has 3 aliphatic carbocycles. The summed E-state index contributed by atoms with van der Waals surface area (Å²) in [5.41, 5.74) is -1.70. The molecule has 10 rings (SSSR count). The number of rotatable bonds is 8. The van der Waals surface area contributed by atoms with Crippen LogP contribution in [-0.2, 0) is 35.4 Å². The van der Waals surface area contributed by atoms with E-state index >= 15 is 8.78 Å². The van der Waals surface area contributed by atoms with Gasteiger partial charge in [0.2, 0.25) is 5.91 Å². The Morgan fingerprint density at radius 2 is 1.80 bits per heavy atom. The van der Waals surface area contributed by atoms with Crippen molar-refractivity contribution in [2.45, 2.75) is 74.4 Å². The maximum atomic E-state index is 15.4. The molecule has 2 amide bonds. The molecule has 3 N–H and O–H groups in total. The number of β-amino-alcohol motifs (C(OH)–C–C–N with tert-alkyl or cyclic N) is 1. The van der Waals surface area contributed by atoms with Gasteiger partial charge in [0.1, 0.15) is 23.9 Å². The summed E-state index contributed by atoms with van der Waals surface area (Å²) in [7, 11) is 0. The first-order valence-corrected chi connectivity index (χ1v) is 18.8. The summed E-state index contributed by atoms with van der Waals surface area (Å²) in [6, 6.07) is 8.59. The number of carbonyl (C=O) groups excluding carboxylic acids is 2. The molecule has 3 atom stereocenters. The Labute approximate surface area is 316 Å². The molecule has 2 aromatic carbocycles. The zero-order valence-electron chi connectivity index (χ0n) is 29.3. The van der Waals surface area contributed by atoms with Gasteiger partial charge < -0.3 is 20.6 Å². The van der Waals surface area contributed by atoms with Gasteiger partial charge in [0.15, 0.2) is 16.5 Å². The Bertz CT molecular complexity index is 2520. The fourth-order valence-electron chi connectivity index (χ4n) is 8.75. The molecule has 10 nitrogen and oxygen atoms in total. The van der Waals surface area contributed by atoms with E-state index in [1.54, 1.807) is 25.1 Å². The van der Waals surface area contributed by atoms with Crippen LogP contribution in [0.5, 0.6) is 0 Å². The van der Waals surface area contributed by atoms with Gasteiger partial charge in [-0.1, -0.05) is 23.5 Å². The van der Waals surface area contributed by atoms with E-state index in [1.807, 2.05) is 11.0 Å². The van der Waals surface area contributed by atoms with Crippen LogP contribution in [0.3, 0.4) is 0 Å². The van der Waals surface area contributed by atoms with Crippen molar-refractivity contribution in [3.63, 3.8) is 0 Å². The van der Waals surface area contributed by atoms with Gasteiger partial charge in [-0.15, -0.1) is 0 Å². The summed E-state index contributed by atoms with van der Waals surface area (Å²) in [5.74, 6) is -9.06. The zero-order valence-corrected chi connectivity index (χ0v) is 30.1. The number of hydrogen-bond donors (Lipinski definition) is 3. The average Bonchev–Trinajstić information content (AvgIpc) is 3.93. The molecule has 1 spiro atoms. The molecule has 0 radical (unpaired) electrons. The Hall–Kier alpha value is -5.10. The van der Waals surface area contributed by atoms with Crippen LogP contribution in [0.1, 0.15) is 82.3 Å². The number of hydrogen-bond acceptors (Lipinski definition) is 8. The first-order chi connectivity index (χ1) is 26.4. The minimum Gasteiger partial charge on any atom is -0.386 e. The number of thiazole rings is 1. The van der Waals surface area contributed by atoms with Crippen LogP contribution >= 0.6 is 11.3 Å². The molecule has 0 bridgehead atoms. The summed E-state index contributed by atoms with van der Waals surface area (Å²) in [5, 5.41) is 20.1. The van der Waals surface area contributed by atoms with E-state index in [0.29, 0.717) is 50.4 Å². The summed E-state index contributed by atoms with van der Waals surface area (Å²) >= 11 is 1.29. The van der Waals surface area contributed by atoms with Gasteiger partial charge in [0.05, 0.1) is 40.7 Å². The number of pyridine rings is 1. The molecule has 2 aliphatic heterocycles. The number of fused-ring (bicyclic) bond motifs is 6. The van der Waals surface area contributed by atoms with E-state index in [-0.39, 0.29) is 35.7 Å². The van der Waals surface area contributed by atoms with E-state index in [0.717, 1.165) is 30.5 Å². The lowest BCUT2D eigenvalue weighted by Crippen LogP contribution is -2.60. The maximum absolute atomic E-state index is 15.4. The number of carbonyl (C=O) groups is 2. The number of benzene rings is 2. The van der Waals surface area contributed by atoms with Gasteiger partial charge in [0.25, 0.3) is 11.8 Å². The second kappa shape index (κ2) is 11.5. The van der Waals surface area contributed by atoms with Crippen molar-refractivity contribution in [2.75, 3.05) is 18.0 Å². The number of nitrogens with one attached hydrogen (secondary N) is 2. The van der Waals surface area contributed by atoms with Gasteiger partial charge in [0, 0.05) is 28.7 Å². The second-order valence-corrected chi connectivity index (χ2v) is 16.8. The first-order valence-electron chi connectivity index (χ1n) is 18.0. The van der Waals surface area contributed by atoms with Crippen molar-refractivity contribution in [3.8, 4) is 11.1 Å². The minimum absolute atomic E-state index is 0.0809. The third kappa shape index (κ3) is 5.57. The van der Waals surface area contributed by atoms with Gasteiger partial charge in [-0.25, -0.2) is 13.8 Å². The van der Waals surface area contributed by atoms with Crippen LogP contribution in [0, 0.1) is 17.6 Å². The molecule has 56 heavy (non-hydrogen) atoms. The molecule has 290 valence electrons. The number of aliphatic hydroxyl groups is 1. The van der Waals surface area contributed by atoms with E-state index in [2.05, 4.69) is 20.7 Å². The monoisotopic (exact) mass is 797 g/mol. The fraction of sp³-hybridized carbons (Fsp3) is 0.395. The molecule has 18 heteroatoms. The first kappa shape index (κ1) is 35.3. The molecule has 5 aromatic rings. The van der Waals surface area contributed by atoms with Gasteiger partial charge in [-0.2, -0.15) is 32.0 Å². The summed E-state index contributed by atoms with van der Waals surface area (Å²) in [6.07, 6.45) is -3.89. The Morgan fingerprint density at radius 1 is 1.07 bits per heavy atom. The maximum Gasteiger partial charge on any atom is 0.435 e. The lowest BCUT2D eigenvalue weighted by atomic mass is 9.92.